The fourth-order valence-corrected chi connectivity index (χ4v) is 2.27. The number of carbonyl (C=O) groups excluding carboxylic acids is 1. The number of carbonyl (C=O) groups is 2. The molecule has 0 bridgehead atoms. The number of carboxylic acid groups (broad SMARTS) is 1. The lowest BCUT2D eigenvalue weighted by Crippen LogP contribution is -2.53. The lowest BCUT2D eigenvalue weighted by Gasteiger charge is -2.36. The van der Waals surface area contributed by atoms with Crippen LogP contribution in [0.1, 0.15) is 17.3 Å². The summed E-state index contributed by atoms with van der Waals surface area (Å²) in [6.07, 6.45) is 1.46. The van der Waals surface area contributed by atoms with Crippen LogP contribution in [-0.2, 0) is 4.79 Å². The van der Waals surface area contributed by atoms with E-state index in [0.717, 1.165) is 0 Å². The summed E-state index contributed by atoms with van der Waals surface area (Å²) < 4.78 is 0. The van der Waals surface area contributed by atoms with Crippen molar-refractivity contribution in [2.75, 3.05) is 26.2 Å². The minimum Gasteiger partial charge on any atom is -0.480 e. The Bertz CT molecular complexity index is 498. The van der Waals surface area contributed by atoms with Gasteiger partial charge in [0, 0.05) is 32.4 Å². The molecule has 1 saturated heterocycles. The highest BCUT2D eigenvalue weighted by Crippen LogP contribution is 2.12. The zero-order valence-electron chi connectivity index (χ0n) is 11.1. The summed E-state index contributed by atoms with van der Waals surface area (Å²) in [6, 6.07) is 2.70. The zero-order chi connectivity index (χ0) is 14.7. The molecule has 0 saturated carbocycles. The number of pyridine rings is 1. The third-order valence-electron chi connectivity index (χ3n) is 3.48. The van der Waals surface area contributed by atoms with Crippen LogP contribution >= 0.6 is 11.6 Å². The average Bonchev–Trinajstić information content (AvgIpc) is 2.46. The maximum absolute atomic E-state index is 12.2. The molecule has 1 unspecified atom stereocenters. The van der Waals surface area contributed by atoms with Gasteiger partial charge >= 0.3 is 5.97 Å². The number of amides is 1. The van der Waals surface area contributed by atoms with Gasteiger partial charge in [-0.25, -0.2) is 4.98 Å². The topological polar surface area (TPSA) is 73.7 Å². The second-order valence-electron chi connectivity index (χ2n) is 4.71. The number of nitrogens with zero attached hydrogens (tertiary/aromatic N) is 3. The van der Waals surface area contributed by atoms with E-state index in [1.165, 1.54) is 6.20 Å². The molecule has 1 aliphatic rings. The molecule has 0 aromatic carbocycles. The van der Waals surface area contributed by atoms with Crippen molar-refractivity contribution >= 4 is 23.5 Å². The predicted molar refractivity (Wildman–Crippen MR) is 73.8 cm³/mol. The summed E-state index contributed by atoms with van der Waals surface area (Å²) in [5.74, 6) is -0.941. The highest BCUT2D eigenvalue weighted by atomic mass is 35.5. The van der Waals surface area contributed by atoms with Crippen LogP contribution in [0, 0.1) is 0 Å². The van der Waals surface area contributed by atoms with E-state index in [-0.39, 0.29) is 5.91 Å². The third kappa shape index (κ3) is 3.26. The van der Waals surface area contributed by atoms with Gasteiger partial charge in [-0.2, -0.15) is 0 Å². The van der Waals surface area contributed by atoms with Gasteiger partial charge in [0.1, 0.15) is 11.2 Å². The standard InChI is InChI=1S/C13H16ClN3O3/c1-9(13(19)20)16-4-6-17(7-5-16)12(18)10-2-3-11(14)15-8-10/h2-3,8-9H,4-7H2,1H3,(H,19,20). The molecule has 2 rings (SSSR count). The minimum atomic E-state index is -0.841. The first-order chi connectivity index (χ1) is 9.49. The van der Waals surface area contributed by atoms with E-state index in [1.807, 2.05) is 4.90 Å². The Morgan fingerprint density at radius 2 is 1.95 bits per heavy atom. The second-order valence-corrected chi connectivity index (χ2v) is 5.10. The molecule has 1 aromatic rings. The molecule has 1 fully saturated rings. The fourth-order valence-electron chi connectivity index (χ4n) is 2.15. The van der Waals surface area contributed by atoms with E-state index in [0.29, 0.717) is 36.9 Å². The van der Waals surface area contributed by atoms with Gasteiger partial charge in [0.2, 0.25) is 0 Å². The van der Waals surface area contributed by atoms with Gasteiger partial charge in [-0.05, 0) is 19.1 Å². The van der Waals surface area contributed by atoms with Crippen molar-refractivity contribution in [3.05, 3.63) is 29.0 Å². The maximum Gasteiger partial charge on any atom is 0.320 e. The molecule has 1 N–H and O–H groups in total. The summed E-state index contributed by atoms with van der Waals surface area (Å²) in [6.45, 7) is 3.79. The van der Waals surface area contributed by atoms with Crippen molar-refractivity contribution in [2.24, 2.45) is 0 Å². The van der Waals surface area contributed by atoms with Crippen LogP contribution in [0.5, 0.6) is 0 Å². The fraction of sp³-hybridized carbons (Fsp3) is 0.462. The molecule has 7 heteroatoms. The highest BCUT2D eigenvalue weighted by Gasteiger charge is 2.27. The summed E-state index contributed by atoms with van der Waals surface area (Å²) in [4.78, 5) is 30.6. The number of rotatable bonds is 3. The van der Waals surface area contributed by atoms with E-state index in [9.17, 15) is 9.59 Å². The first-order valence-corrected chi connectivity index (χ1v) is 6.74. The molecule has 0 radical (unpaired) electrons. The van der Waals surface area contributed by atoms with Gasteiger partial charge in [0.25, 0.3) is 5.91 Å². The van der Waals surface area contributed by atoms with Crippen LogP contribution in [0.2, 0.25) is 5.15 Å². The summed E-state index contributed by atoms with van der Waals surface area (Å²) in [5, 5.41) is 9.32. The molecule has 108 valence electrons. The molecular formula is C13H16ClN3O3. The van der Waals surface area contributed by atoms with Crippen molar-refractivity contribution < 1.29 is 14.7 Å². The van der Waals surface area contributed by atoms with Crippen LogP contribution in [0.4, 0.5) is 0 Å². The van der Waals surface area contributed by atoms with Crippen LogP contribution < -0.4 is 0 Å². The van der Waals surface area contributed by atoms with Crippen LogP contribution in [0.3, 0.4) is 0 Å². The van der Waals surface area contributed by atoms with E-state index in [4.69, 9.17) is 16.7 Å². The molecule has 20 heavy (non-hydrogen) atoms. The number of aromatic nitrogens is 1. The zero-order valence-corrected chi connectivity index (χ0v) is 11.9. The van der Waals surface area contributed by atoms with E-state index >= 15 is 0 Å². The van der Waals surface area contributed by atoms with Gasteiger partial charge in [0.05, 0.1) is 5.56 Å². The molecular weight excluding hydrogens is 282 g/mol. The number of carboxylic acids is 1. The Kier molecular flexibility index (Phi) is 4.57. The number of halogens is 1. The number of aliphatic carboxylic acids is 1. The Hall–Kier alpha value is -1.66. The molecule has 2 heterocycles. The molecule has 0 aliphatic carbocycles. The number of hydrogen-bond acceptors (Lipinski definition) is 4. The van der Waals surface area contributed by atoms with Gasteiger partial charge in [0.15, 0.2) is 0 Å². The molecule has 0 spiro atoms. The van der Waals surface area contributed by atoms with Crippen molar-refractivity contribution in [3.8, 4) is 0 Å². The average molecular weight is 298 g/mol. The lowest BCUT2D eigenvalue weighted by molar-refractivity contribution is -0.143. The van der Waals surface area contributed by atoms with E-state index < -0.39 is 12.0 Å². The molecule has 1 atom stereocenters. The smallest absolute Gasteiger partial charge is 0.320 e. The Morgan fingerprint density at radius 1 is 1.30 bits per heavy atom. The van der Waals surface area contributed by atoms with Crippen molar-refractivity contribution in [2.45, 2.75) is 13.0 Å². The van der Waals surface area contributed by atoms with Crippen LogP contribution in [-0.4, -0.2) is 64.0 Å². The Morgan fingerprint density at radius 3 is 2.45 bits per heavy atom. The van der Waals surface area contributed by atoms with Gasteiger partial charge in [-0.15, -0.1) is 0 Å². The van der Waals surface area contributed by atoms with Crippen molar-refractivity contribution in [1.82, 2.24) is 14.8 Å². The highest BCUT2D eigenvalue weighted by molar-refractivity contribution is 6.29. The summed E-state index contributed by atoms with van der Waals surface area (Å²) in [5.41, 5.74) is 0.495. The summed E-state index contributed by atoms with van der Waals surface area (Å²) >= 11 is 5.69. The molecule has 1 aliphatic heterocycles. The van der Waals surface area contributed by atoms with Crippen molar-refractivity contribution in [3.63, 3.8) is 0 Å². The molecule has 1 aromatic heterocycles. The number of piperazine rings is 1. The predicted octanol–water partition coefficient (Wildman–Crippen LogP) is 0.966. The monoisotopic (exact) mass is 297 g/mol. The first-order valence-electron chi connectivity index (χ1n) is 6.36. The summed E-state index contributed by atoms with van der Waals surface area (Å²) in [7, 11) is 0. The quantitative estimate of drug-likeness (QED) is 0.842. The van der Waals surface area contributed by atoms with Crippen LogP contribution in [0.25, 0.3) is 0 Å². The van der Waals surface area contributed by atoms with E-state index in [1.54, 1.807) is 24.0 Å². The Balaban J connectivity index is 1.95. The van der Waals surface area contributed by atoms with E-state index in [2.05, 4.69) is 4.98 Å². The molecule has 1 amide bonds. The lowest BCUT2D eigenvalue weighted by atomic mass is 10.2. The second kappa shape index (κ2) is 6.19. The minimum absolute atomic E-state index is 0.100. The largest absolute Gasteiger partial charge is 0.480 e. The van der Waals surface area contributed by atoms with Crippen LogP contribution in [0.15, 0.2) is 18.3 Å². The normalized spacial score (nSPS) is 17.8. The maximum atomic E-state index is 12.2. The van der Waals surface area contributed by atoms with Gasteiger partial charge < -0.3 is 10.0 Å². The number of hydrogen-bond donors (Lipinski definition) is 1. The SMILES string of the molecule is CC(C(=O)O)N1CCN(C(=O)c2ccc(Cl)nc2)CC1. The van der Waals surface area contributed by atoms with Gasteiger partial charge in [-0.3, -0.25) is 14.5 Å². The van der Waals surface area contributed by atoms with Gasteiger partial charge in [-0.1, -0.05) is 11.6 Å². The molecule has 6 nitrogen and oxygen atoms in total. The Labute approximate surface area is 122 Å². The van der Waals surface area contributed by atoms with Crippen molar-refractivity contribution in [1.29, 1.82) is 0 Å². The third-order valence-corrected chi connectivity index (χ3v) is 3.70. The first kappa shape index (κ1) is 14.7.